The van der Waals surface area contributed by atoms with Gasteiger partial charge in [-0.1, -0.05) is 49.1 Å². The summed E-state index contributed by atoms with van der Waals surface area (Å²) in [5.74, 6) is -0.488. The molecule has 1 saturated carbocycles. The molecule has 7 nitrogen and oxygen atoms in total. The number of hydrogen-bond donors (Lipinski definition) is 1. The highest BCUT2D eigenvalue weighted by molar-refractivity contribution is 6.05. The number of aryl methyl sites for hydroxylation is 1. The summed E-state index contributed by atoms with van der Waals surface area (Å²) >= 11 is 0. The van der Waals surface area contributed by atoms with E-state index in [4.69, 9.17) is 0 Å². The van der Waals surface area contributed by atoms with E-state index in [0.29, 0.717) is 24.1 Å². The van der Waals surface area contributed by atoms with Crippen LogP contribution in [-0.4, -0.2) is 48.1 Å². The van der Waals surface area contributed by atoms with Crippen molar-refractivity contribution in [2.24, 2.45) is 5.10 Å². The van der Waals surface area contributed by atoms with Crippen LogP contribution in [0, 0.1) is 6.92 Å². The summed E-state index contributed by atoms with van der Waals surface area (Å²) in [5, 5.41) is 8.85. The van der Waals surface area contributed by atoms with Crippen LogP contribution in [0.3, 0.4) is 0 Å². The normalized spacial score (nSPS) is 16.7. The van der Waals surface area contributed by atoms with Gasteiger partial charge in [0.15, 0.2) is 0 Å². The molecule has 1 fully saturated rings. The molecule has 0 radical (unpaired) electrons. The molecule has 0 saturated heterocycles. The standard InChI is InChI=1S/C27H32N4O3/c1-19-8-10-20(11-9-19)24-16-17-25(32)31(29-24)18-26(33)30(2)23-14-12-21(13-15-23)27(34)28-22-6-4-3-5-7-22/h8-15,22H,3-7,16-18H2,1-2H3,(H,28,34). The number of hydrazone groups is 1. The van der Waals surface area contributed by atoms with E-state index in [1.165, 1.54) is 16.3 Å². The third kappa shape index (κ3) is 5.71. The highest BCUT2D eigenvalue weighted by Crippen LogP contribution is 2.20. The first kappa shape index (κ1) is 23.7. The molecule has 0 atom stereocenters. The van der Waals surface area contributed by atoms with E-state index < -0.39 is 0 Å². The smallest absolute Gasteiger partial charge is 0.251 e. The number of nitrogens with one attached hydrogen (secondary N) is 1. The zero-order valence-electron chi connectivity index (χ0n) is 19.9. The first-order chi connectivity index (χ1) is 16.4. The Kier molecular flexibility index (Phi) is 7.40. The fourth-order valence-electron chi connectivity index (χ4n) is 4.41. The number of nitrogens with zero attached hydrogens (tertiary/aromatic N) is 3. The molecule has 34 heavy (non-hydrogen) atoms. The molecule has 2 aromatic rings. The first-order valence-electron chi connectivity index (χ1n) is 12.0. The number of carbonyl (C=O) groups excluding carboxylic acids is 3. The van der Waals surface area contributed by atoms with E-state index in [9.17, 15) is 14.4 Å². The van der Waals surface area contributed by atoms with Gasteiger partial charge in [0.1, 0.15) is 6.54 Å². The predicted octanol–water partition coefficient (Wildman–Crippen LogP) is 4.05. The van der Waals surface area contributed by atoms with Crippen molar-refractivity contribution in [1.29, 1.82) is 0 Å². The average molecular weight is 461 g/mol. The van der Waals surface area contributed by atoms with Crippen LogP contribution >= 0.6 is 0 Å². The summed E-state index contributed by atoms with van der Waals surface area (Å²) in [6.45, 7) is 1.89. The van der Waals surface area contributed by atoms with Gasteiger partial charge in [0.2, 0.25) is 11.8 Å². The fraction of sp³-hybridized carbons (Fsp3) is 0.407. The van der Waals surface area contributed by atoms with Crippen molar-refractivity contribution in [3.63, 3.8) is 0 Å². The minimum absolute atomic E-state index is 0.0793. The Balaban J connectivity index is 1.38. The Morgan fingerprint density at radius 2 is 1.68 bits per heavy atom. The van der Waals surface area contributed by atoms with Gasteiger partial charge in [-0.2, -0.15) is 5.10 Å². The molecular formula is C27H32N4O3. The van der Waals surface area contributed by atoms with Crippen LogP contribution in [0.25, 0.3) is 0 Å². The van der Waals surface area contributed by atoms with E-state index in [-0.39, 0.29) is 30.3 Å². The number of amides is 3. The molecule has 3 amide bonds. The maximum atomic E-state index is 12.9. The fourth-order valence-corrected chi connectivity index (χ4v) is 4.41. The maximum absolute atomic E-state index is 12.9. The van der Waals surface area contributed by atoms with E-state index in [1.54, 1.807) is 31.3 Å². The van der Waals surface area contributed by atoms with Gasteiger partial charge in [0.25, 0.3) is 5.91 Å². The summed E-state index contributed by atoms with van der Waals surface area (Å²) in [5.41, 5.74) is 4.16. The van der Waals surface area contributed by atoms with Gasteiger partial charge in [-0.3, -0.25) is 14.4 Å². The number of hydrogen-bond acceptors (Lipinski definition) is 4. The maximum Gasteiger partial charge on any atom is 0.251 e. The van der Waals surface area contributed by atoms with Crippen molar-refractivity contribution < 1.29 is 14.4 Å². The second-order valence-electron chi connectivity index (χ2n) is 9.17. The summed E-state index contributed by atoms with van der Waals surface area (Å²) < 4.78 is 0. The van der Waals surface area contributed by atoms with E-state index >= 15 is 0 Å². The average Bonchev–Trinajstić information content (AvgIpc) is 2.86. The lowest BCUT2D eigenvalue weighted by molar-refractivity contribution is -0.135. The highest BCUT2D eigenvalue weighted by Gasteiger charge is 2.25. The van der Waals surface area contributed by atoms with Crippen molar-refractivity contribution in [2.45, 2.75) is 57.9 Å². The van der Waals surface area contributed by atoms with Crippen LogP contribution in [-0.2, 0) is 9.59 Å². The SMILES string of the molecule is Cc1ccc(C2=NN(CC(=O)N(C)c3ccc(C(=O)NC4CCCCC4)cc3)C(=O)CC2)cc1. The van der Waals surface area contributed by atoms with Crippen LogP contribution in [0.5, 0.6) is 0 Å². The molecule has 2 aromatic carbocycles. The van der Waals surface area contributed by atoms with Gasteiger partial charge in [-0.05, 0) is 49.6 Å². The molecular weight excluding hydrogens is 428 g/mol. The van der Waals surface area contributed by atoms with Crippen molar-refractivity contribution in [3.8, 4) is 0 Å². The Bertz CT molecular complexity index is 1070. The van der Waals surface area contributed by atoms with Crippen molar-refractivity contribution in [2.75, 3.05) is 18.5 Å². The molecule has 0 spiro atoms. The van der Waals surface area contributed by atoms with E-state index in [1.807, 2.05) is 31.2 Å². The first-order valence-corrected chi connectivity index (χ1v) is 12.0. The van der Waals surface area contributed by atoms with Gasteiger partial charge >= 0.3 is 0 Å². The molecule has 178 valence electrons. The summed E-state index contributed by atoms with van der Waals surface area (Å²) in [6, 6.07) is 15.2. The second kappa shape index (κ2) is 10.6. The molecule has 1 aliphatic heterocycles. The van der Waals surface area contributed by atoms with Gasteiger partial charge in [0.05, 0.1) is 5.71 Å². The number of anilines is 1. The lowest BCUT2D eigenvalue weighted by Crippen LogP contribution is -2.41. The lowest BCUT2D eigenvalue weighted by atomic mass is 9.95. The van der Waals surface area contributed by atoms with Crippen LogP contribution < -0.4 is 10.2 Å². The molecule has 1 heterocycles. The summed E-state index contributed by atoms with van der Waals surface area (Å²) in [4.78, 5) is 39.4. The number of carbonyl (C=O) groups is 3. The highest BCUT2D eigenvalue weighted by atomic mass is 16.2. The van der Waals surface area contributed by atoms with Gasteiger partial charge in [0, 0.05) is 37.2 Å². The Labute approximate surface area is 200 Å². The van der Waals surface area contributed by atoms with Gasteiger partial charge < -0.3 is 10.2 Å². The number of likely N-dealkylation sites (N-methyl/N-ethyl adjacent to an activating group) is 1. The Hall–Kier alpha value is -3.48. The van der Waals surface area contributed by atoms with Crippen LogP contribution in [0.1, 0.15) is 66.4 Å². The van der Waals surface area contributed by atoms with E-state index in [2.05, 4.69) is 10.4 Å². The predicted molar refractivity (Wildman–Crippen MR) is 133 cm³/mol. The Morgan fingerprint density at radius 1 is 1.00 bits per heavy atom. The van der Waals surface area contributed by atoms with Crippen molar-refractivity contribution in [3.05, 3.63) is 65.2 Å². The minimum atomic E-state index is -0.248. The molecule has 0 unspecified atom stereocenters. The monoisotopic (exact) mass is 460 g/mol. The third-order valence-corrected chi connectivity index (χ3v) is 6.61. The summed E-state index contributed by atoms with van der Waals surface area (Å²) in [7, 11) is 1.67. The number of benzene rings is 2. The zero-order valence-corrected chi connectivity index (χ0v) is 19.9. The van der Waals surface area contributed by atoms with E-state index in [0.717, 1.165) is 42.5 Å². The van der Waals surface area contributed by atoms with Crippen LogP contribution in [0.4, 0.5) is 5.69 Å². The van der Waals surface area contributed by atoms with Crippen LogP contribution in [0.15, 0.2) is 53.6 Å². The summed E-state index contributed by atoms with van der Waals surface area (Å²) in [6.07, 6.45) is 6.51. The molecule has 0 bridgehead atoms. The van der Waals surface area contributed by atoms with Crippen LogP contribution in [0.2, 0.25) is 0 Å². The number of rotatable bonds is 6. The largest absolute Gasteiger partial charge is 0.349 e. The quantitative estimate of drug-likeness (QED) is 0.706. The van der Waals surface area contributed by atoms with Crippen molar-refractivity contribution in [1.82, 2.24) is 10.3 Å². The molecule has 7 heteroatoms. The zero-order chi connectivity index (χ0) is 24.1. The minimum Gasteiger partial charge on any atom is -0.349 e. The second-order valence-corrected chi connectivity index (χ2v) is 9.17. The topological polar surface area (TPSA) is 82.1 Å². The van der Waals surface area contributed by atoms with Crippen molar-refractivity contribution >= 4 is 29.1 Å². The molecule has 4 rings (SSSR count). The molecule has 0 aromatic heterocycles. The molecule has 1 N–H and O–H groups in total. The molecule has 2 aliphatic rings. The molecule has 1 aliphatic carbocycles. The Morgan fingerprint density at radius 3 is 2.35 bits per heavy atom. The lowest BCUT2D eigenvalue weighted by Gasteiger charge is -2.26. The van der Waals surface area contributed by atoms with Gasteiger partial charge in [-0.25, -0.2) is 5.01 Å². The van der Waals surface area contributed by atoms with Gasteiger partial charge in [-0.15, -0.1) is 0 Å². The third-order valence-electron chi connectivity index (χ3n) is 6.61.